The number of amides is 2. The Bertz CT molecular complexity index is 1280. The summed E-state index contributed by atoms with van der Waals surface area (Å²) in [6.07, 6.45) is 1.27. The van der Waals surface area contributed by atoms with Gasteiger partial charge in [0, 0.05) is 47.8 Å². The molecule has 188 valence electrons. The first-order chi connectivity index (χ1) is 17.3. The smallest absolute Gasteiger partial charge is 0.255 e. The fourth-order valence-corrected chi connectivity index (χ4v) is 5.12. The molecule has 2 aromatic carbocycles. The maximum Gasteiger partial charge on any atom is 0.255 e. The molecule has 2 aliphatic heterocycles. The van der Waals surface area contributed by atoms with E-state index in [0.29, 0.717) is 49.0 Å². The van der Waals surface area contributed by atoms with Crippen molar-refractivity contribution in [2.24, 2.45) is 5.92 Å². The first kappa shape index (κ1) is 24.0. The summed E-state index contributed by atoms with van der Waals surface area (Å²) in [5, 5.41) is 2.98. The number of aromatic nitrogens is 1. The molecule has 2 aliphatic rings. The van der Waals surface area contributed by atoms with E-state index in [1.54, 1.807) is 12.1 Å². The van der Waals surface area contributed by atoms with Gasteiger partial charge in [-0.25, -0.2) is 0 Å². The fourth-order valence-electron chi connectivity index (χ4n) is 5.12. The third-order valence-electron chi connectivity index (χ3n) is 7.27. The van der Waals surface area contributed by atoms with Gasteiger partial charge in [-0.15, -0.1) is 0 Å². The van der Waals surface area contributed by atoms with E-state index >= 15 is 0 Å². The number of aryl methyl sites for hydroxylation is 1. The number of rotatable bonds is 5. The maximum atomic E-state index is 13.4. The molecule has 0 atom stereocenters. The van der Waals surface area contributed by atoms with Crippen LogP contribution in [0.3, 0.4) is 0 Å². The summed E-state index contributed by atoms with van der Waals surface area (Å²) in [5.74, 6) is 1.68. The minimum Gasteiger partial charge on any atom is -0.454 e. The first-order valence-electron chi connectivity index (χ1n) is 12.6. The van der Waals surface area contributed by atoms with Crippen LogP contribution in [0.5, 0.6) is 11.5 Å². The molecule has 3 aromatic rings. The Morgan fingerprint density at radius 2 is 1.64 bits per heavy atom. The highest BCUT2D eigenvalue weighted by Gasteiger charge is 2.30. The topological polar surface area (TPSA) is 72.8 Å². The summed E-state index contributed by atoms with van der Waals surface area (Å²) in [6, 6.07) is 15.9. The van der Waals surface area contributed by atoms with Gasteiger partial charge in [-0.05, 0) is 68.5 Å². The third kappa shape index (κ3) is 4.57. The normalized spacial score (nSPS) is 15.4. The number of carbonyl (C=O) groups excluding carboxylic acids is 2. The van der Waals surface area contributed by atoms with E-state index in [1.807, 2.05) is 30.9 Å². The van der Waals surface area contributed by atoms with Crippen molar-refractivity contribution < 1.29 is 19.1 Å². The molecule has 0 radical (unpaired) electrons. The quantitative estimate of drug-likeness (QED) is 0.520. The average molecular weight is 488 g/mol. The molecule has 1 N–H and O–H groups in total. The van der Waals surface area contributed by atoms with Crippen LogP contribution in [0, 0.1) is 19.8 Å². The average Bonchev–Trinajstić information content (AvgIpc) is 3.46. The molecule has 1 fully saturated rings. The number of ether oxygens (including phenoxy) is 2. The van der Waals surface area contributed by atoms with Gasteiger partial charge in [0.25, 0.3) is 5.91 Å². The number of nitrogens with zero attached hydrogens (tertiary/aromatic N) is 2. The largest absolute Gasteiger partial charge is 0.454 e. The van der Waals surface area contributed by atoms with Crippen LogP contribution in [0.25, 0.3) is 5.69 Å². The lowest BCUT2D eigenvalue weighted by atomic mass is 9.95. The molecular weight excluding hydrogens is 454 g/mol. The number of fused-ring (bicyclic) bond motifs is 1. The third-order valence-corrected chi connectivity index (χ3v) is 7.27. The number of carbonyl (C=O) groups is 2. The van der Waals surface area contributed by atoms with Gasteiger partial charge in [-0.2, -0.15) is 0 Å². The zero-order valence-electron chi connectivity index (χ0n) is 21.3. The van der Waals surface area contributed by atoms with Gasteiger partial charge in [0.2, 0.25) is 12.7 Å². The van der Waals surface area contributed by atoms with Crippen LogP contribution >= 0.6 is 0 Å². The van der Waals surface area contributed by atoms with Gasteiger partial charge in [-0.3, -0.25) is 9.59 Å². The highest BCUT2D eigenvalue weighted by atomic mass is 16.7. The molecule has 0 saturated carbocycles. The summed E-state index contributed by atoms with van der Waals surface area (Å²) in [5.41, 5.74) is 5.75. The second-order valence-corrected chi connectivity index (χ2v) is 9.99. The Balaban J connectivity index is 1.22. The summed E-state index contributed by atoms with van der Waals surface area (Å²) in [6.45, 7) is 9.72. The summed E-state index contributed by atoms with van der Waals surface area (Å²) in [4.78, 5) is 28.1. The van der Waals surface area contributed by atoms with Gasteiger partial charge >= 0.3 is 0 Å². The predicted octanol–water partition coefficient (Wildman–Crippen LogP) is 5.44. The summed E-state index contributed by atoms with van der Waals surface area (Å²) < 4.78 is 12.9. The Morgan fingerprint density at radius 3 is 2.33 bits per heavy atom. The Kier molecular flexibility index (Phi) is 6.48. The number of likely N-dealkylation sites (tertiary alicyclic amines) is 1. The summed E-state index contributed by atoms with van der Waals surface area (Å²) in [7, 11) is 0. The lowest BCUT2D eigenvalue weighted by Crippen LogP contribution is -2.41. The maximum absolute atomic E-state index is 13.4. The standard InChI is InChI=1S/C29H33N3O4/c1-18(2)21-5-8-24(9-6-21)32-19(3)15-25(20(32)4)29(34)31-13-11-22(12-14-31)28(33)30-23-7-10-26-27(16-23)36-17-35-26/h5-10,15-16,18,22H,11-14,17H2,1-4H3,(H,30,33). The zero-order valence-corrected chi connectivity index (χ0v) is 21.3. The van der Waals surface area contributed by atoms with Crippen molar-refractivity contribution in [3.8, 4) is 17.2 Å². The number of nitrogens with one attached hydrogen (secondary N) is 1. The first-order valence-corrected chi connectivity index (χ1v) is 12.6. The van der Waals surface area contributed by atoms with E-state index in [4.69, 9.17) is 9.47 Å². The lowest BCUT2D eigenvalue weighted by molar-refractivity contribution is -0.121. The number of piperidine rings is 1. The summed E-state index contributed by atoms with van der Waals surface area (Å²) >= 11 is 0. The molecule has 0 unspecified atom stereocenters. The van der Waals surface area contributed by atoms with Crippen LogP contribution < -0.4 is 14.8 Å². The van der Waals surface area contributed by atoms with Crippen molar-refractivity contribution in [2.75, 3.05) is 25.2 Å². The predicted molar refractivity (Wildman–Crippen MR) is 139 cm³/mol. The van der Waals surface area contributed by atoms with E-state index < -0.39 is 0 Å². The van der Waals surface area contributed by atoms with Crippen LogP contribution in [-0.2, 0) is 4.79 Å². The Hall–Kier alpha value is -3.74. The van der Waals surface area contributed by atoms with E-state index in [9.17, 15) is 9.59 Å². The van der Waals surface area contributed by atoms with Crippen molar-refractivity contribution in [1.82, 2.24) is 9.47 Å². The zero-order chi connectivity index (χ0) is 25.4. The highest BCUT2D eigenvalue weighted by molar-refractivity contribution is 5.97. The highest BCUT2D eigenvalue weighted by Crippen LogP contribution is 2.34. The molecule has 7 nitrogen and oxygen atoms in total. The molecule has 5 rings (SSSR count). The molecule has 0 aliphatic carbocycles. The van der Waals surface area contributed by atoms with E-state index in [-0.39, 0.29) is 24.5 Å². The number of benzene rings is 2. The van der Waals surface area contributed by atoms with Crippen LogP contribution in [0.15, 0.2) is 48.5 Å². The molecule has 36 heavy (non-hydrogen) atoms. The van der Waals surface area contributed by atoms with Gasteiger partial charge in [0.15, 0.2) is 11.5 Å². The second kappa shape index (κ2) is 9.72. The molecule has 3 heterocycles. The van der Waals surface area contributed by atoms with E-state index in [2.05, 4.69) is 48.0 Å². The minimum atomic E-state index is -0.133. The number of hydrogen-bond acceptors (Lipinski definition) is 4. The van der Waals surface area contributed by atoms with Crippen LogP contribution in [-0.4, -0.2) is 41.2 Å². The Morgan fingerprint density at radius 1 is 0.944 bits per heavy atom. The van der Waals surface area contributed by atoms with Crippen molar-refractivity contribution in [1.29, 1.82) is 0 Å². The van der Waals surface area contributed by atoms with Gasteiger partial charge in [-0.1, -0.05) is 26.0 Å². The molecular formula is C29H33N3O4. The van der Waals surface area contributed by atoms with Crippen LogP contribution in [0.4, 0.5) is 5.69 Å². The van der Waals surface area contributed by atoms with Gasteiger partial charge in [0.1, 0.15) is 0 Å². The van der Waals surface area contributed by atoms with E-state index in [0.717, 1.165) is 22.6 Å². The molecule has 7 heteroatoms. The van der Waals surface area contributed by atoms with Crippen molar-refractivity contribution in [3.05, 3.63) is 71.0 Å². The van der Waals surface area contributed by atoms with Crippen LogP contribution in [0.1, 0.15) is 59.9 Å². The monoisotopic (exact) mass is 487 g/mol. The second-order valence-electron chi connectivity index (χ2n) is 9.99. The Labute approximate surface area is 212 Å². The number of hydrogen-bond donors (Lipinski definition) is 1. The van der Waals surface area contributed by atoms with E-state index in [1.165, 1.54) is 5.56 Å². The van der Waals surface area contributed by atoms with Crippen LogP contribution in [0.2, 0.25) is 0 Å². The van der Waals surface area contributed by atoms with Gasteiger partial charge in [0.05, 0.1) is 5.56 Å². The molecule has 0 spiro atoms. The molecule has 1 saturated heterocycles. The van der Waals surface area contributed by atoms with Crippen molar-refractivity contribution in [2.45, 2.75) is 46.5 Å². The molecule has 1 aromatic heterocycles. The molecule has 0 bridgehead atoms. The lowest BCUT2D eigenvalue weighted by Gasteiger charge is -2.31. The number of anilines is 1. The van der Waals surface area contributed by atoms with Gasteiger partial charge < -0.3 is 24.3 Å². The van der Waals surface area contributed by atoms with Crippen molar-refractivity contribution >= 4 is 17.5 Å². The SMILES string of the molecule is Cc1cc(C(=O)N2CCC(C(=O)Nc3ccc4c(c3)OCO4)CC2)c(C)n1-c1ccc(C(C)C)cc1. The van der Waals surface area contributed by atoms with Crippen molar-refractivity contribution in [3.63, 3.8) is 0 Å². The minimum absolute atomic E-state index is 0.0241. The molecule has 2 amide bonds. The fraction of sp³-hybridized carbons (Fsp3) is 0.379.